The third-order valence-corrected chi connectivity index (χ3v) is 5.91. The van der Waals surface area contributed by atoms with Crippen molar-refractivity contribution in [1.82, 2.24) is 5.32 Å². The Bertz CT molecular complexity index is 981. The molecule has 7 nitrogen and oxygen atoms in total. The van der Waals surface area contributed by atoms with Gasteiger partial charge in [0, 0.05) is 35.8 Å². The van der Waals surface area contributed by atoms with Crippen molar-refractivity contribution in [2.24, 2.45) is 0 Å². The zero-order valence-electron chi connectivity index (χ0n) is 18.1. The highest BCUT2D eigenvalue weighted by atomic mass is 16.5. The Morgan fingerprint density at radius 2 is 1.81 bits per heavy atom. The summed E-state index contributed by atoms with van der Waals surface area (Å²) in [7, 11) is 0. The molecule has 2 aromatic rings. The van der Waals surface area contributed by atoms with E-state index in [4.69, 9.17) is 4.74 Å². The molecule has 2 aliphatic rings. The molecule has 0 saturated heterocycles. The fraction of sp³-hybridized carbons (Fsp3) is 0.400. The standard InChI is InChI=1S/C25H29N3O4/c29-23(6-3-15-32-21-12-13-22-18(16-21)9-14-24(30)28-22)26-20-10-7-17(8-11-20)25(31)27-19-4-1-2-5-19/h7-8,10-13,16,19H,1-6,9,14-15H2,(H,26,29)(H,27,31)(H,28,30). The fourth-order valence-corrected chi connectivity index (χ4v) is 4.14. The van der Waals surface area contributed by atoms with Gasteiger partial charge in [0.15, 0.2) is 0 Å². The number of benzene rings is 2. The fourth-order valence-electron chi connectivity index (χ4n) is 4.14. The third-order valence-electron chi connectivity index (χ3n) is 5.91. The first-order chi connectivity index (χ1) is 15.6. The SMILES string of the molecule is O=C(CCCOc1ccc2c(c1)CCC(=O)N2)Nc1ccc(C(=O)NC2CCCC2)cc1. The van der Waals surface area contributed by atoms with E-state index in [0.29, 0.717) is 43.5 Å². The summed E-state index contributed by atoms with van der Waals surface area (Å²) in [6.45, 7) is 0.429. The lowest BCUT2D eigenvalue weighted by Gasteiger charge is -2.17. The summed E-state index contributed by atoms with van der Waals surface area (Å²) < 4.78 is 5.76. The average molecular weight is 436 g/mol. The number of aryl methyl sites for hydroxylation is 1. The van der Waals surface area contributed by atoms with Crippen LogP contribution in [-0.2, 0) is 16.0 Å². The molecular weight excluding hydrogens is 406 g/mol. The van der Waals surface area contributed by atoms with Gasteiger partial charge in [-0.3, -0.25) is 14.4 Å². The smallest absolute Gasteiger partial charge is 0.251 e. The van der Waals surface area contributed by atoms with Gasteiger partial charge < -0.3 is 20.7 Å². The topological polar surface area (TPSA) is 96.5 Å². The molecule has 0 bridgehead atoms. The Balaban J connectivity index is 1.17. The summed E-state index contributed by atoms with van der Waals surface area (Å²) in [5, 5.41) is 8.77. The molecule has 0 unspecified atom stereocenters. The van der Waals surface area contributed by atoms with Crippen LogP contribution < -0.4 is 20.7 Å². The van der Waals surface area contributed by atoms with E-state index in [2.05, 4.69) is 16.0 Å². The van der Waals surface area contributed by atoms with Crippen LogP contribution in [0.4, 0.5) is 11.4 Å². The number of carbonyl (C=O) groups excluding carboxylic acids is 3. The number of carbonyl (C=O) groups is 3. The highest BCUT2D eigenvalue weighted by Gasteiger charge is 2.18. The van der Waals surface area contributed by atoms with Gasteiger partial charge in [-0.25, -0.2) is 0 Å². The molecule has 0 atom stereocenters. The molecule has 0 aromatic heterocycles. The molecule has 7 heteroatoms. The van der Waals surface area contributed by atoms with Crippen LogP contribution in [0.3, 0.4) is 0 Å². The first kappa shape index (κ1) is 21.9. The van der Waals surface area contributed by atoms with Gasteiger partial charge in [-0.05, 0) is 73.7 Å². The van der Waals surface area contributed by atoms with Gasteiger partial charge in [-0.15, -0.1) is 0 Å². The summed E-state index contributed by atoms with van der Waals surface area (Å²) in [4.78, 5) is 35.9. The van der Waals surface area contributed by atoms with Crippen molar-refractivity contribution in [3.63, 3.8) is 0 Å². The van der Waals surface area contributed by atoms with Gasteiger partial charge in [0.25, 0.3) is 5.91 Å². The molecule has 4 rings (SSSR count). The normalized spacial score (nSPS) is 15.6. The first-order valence-corrected chi connectivity index (χ1v) is 11.3. The summed E-state index contributed by atoms with van der Waals surface area (Å²) in [5.41, 5.74) is 3.19. The maximum Gasteiger partial charge on any atom is 0.251 e. The van der Waals surface area contributed by atoms with Gasteiger partial charge in [-0.2, -0.15) is 0 Å². The molecule has 0 spiro atoms. The molecule has 3 N–H and O–H groups in total. The Hall–Kier alpha value is -3.35. The van der Waals surface area contributed by atoms with E-state index in [1.54, 1.807) is 24.3 Å². The van der Waals surface area contributed by atoms with Crippen molar-refractivity contribution in [3.05, 3.63) is 53.6 Å². The Labute approximate surface area is 187 Å². The van der Waals surface area contributed by atoms with E-state index >= 15 is 0 Å². The highest BCUT2D eigenvalue weighted by Crippen LogP contribution is 2.27. The first-order valence-electron chi connectivity index (χ1n) is 11.3. The lowest BCUT2D eigenvalue weighted by Crippen LogP contribution is -2.32. The second kappa shape index (κ2) is 10.3. The predicted octanol–water partition coefficient (Wildman–Crippen LogP) is 4.04. The second-order valence-corrected chi connectivity index (χ2v) is 8.40. The van der Waals surface area contributed by atoms with Crippen molar-refractivity contribution in [2.75, 3.05) is 17.2 Å². The lowest BCUT2D eigenvalue weighted by molar-refractivity contribution is -0.117. The largest absolute Gasteiger partial charge is 0.494 e. The van der Waals surface area contributed by atoms with Crippen molar-refractivity contribution in [2.45, 2.75) is 57.4 Å². The van der Waals surface area contributed by atoms with Crippen LogP contribution in [0.5, 0.6) is 5.75 Å². The van der Waals surface area contributed by atoms with E-state index in [1.807, 2.05) is 18.2 Å². The summed E-state index contributed by atoms with van der Waals surface area (Å²) in [5.74, 6) is 0.632. The van der Waals surface area contributed by atoms with Gasteiger partial charge in [0.2, 0.25) is 11.8 Å². The minimum Gasteiger partial charge on any atom is -0.494 e. The van der Waals surface area contributed by atoms with E-state index in [1.165, 1.54) is 12.8 Å². The van der Waals surface area contributed by atoms with Crippen LogP contribution in [0.25, 0.3) is 0 Å². The lowest BCUT2D eigenvalue weighted by atomic mass is 10.0. The maximum atomic E-state index is 12.3. The Morgan fingerprint density at radius 1 is 1.03 bits per heavy atom. The molecule has 32 heavy (non-hydrogen) atoms. The molecule has 1 aliphatic carbocycles. The number of ether oxygens (including phenoxy) is 1. The Kier molecular flexibility index (Phi) is 7.04. The van der Waals surface area contributed by atoms with Gasteiger partial charge in [0.05, 0.1) is 6.61 Å². The van der Waals surface area contributed by atoms with Crippen LogP contribution in [0.1, 0.15) is 60.9 Å². The molecule has 2 aromatic carbocycles. The quantitative estimate of drug-likeness (QED) is 0.545. The van der Waals surface area contributed by atoms with E-state index in [-0.39, 0.29) is 23.8 Å². The number of rotatable bonds is 8. The molecule has 1 heterocycles. The third kappa shape index (κ3) is 5.87. The highest BCUT2D eigenvalue weighted by molar-refractivity contribution is 5.96. The van der Waals surface area contributed by atoms with Crippen LogP contribution in [0.15, 0.2) is 42.5 Å². The molecular formula is C25H29N3O4. The maximum absolute atomic E-state index is 12.3. The number of hydrogen-bond donors (Lipinski definition) is 3. The van der Waals surface area contributed by atoms with Gasteiger partial charge in [-0.1, -0.05) is 12.8 Å². The Morgan fingerprint density at radius 3 is 2.59 bits per heavy atom. The zero-order chi connectivity index (χ0) is 22.3. The number of amides is 3. The van der Waals surface area contributed by atoms with Crippen LogP contribution in [0, 0.1) is 0 Å². The van der Waals surface area contributed by atoms with Gasteiger partial charge in [0.1, 0.15) is 5.75 Å². The second-order valence-electron chi connectivity index (χ2n) is 8.40. The zero-order valence-corrected chi connectivity index (χ0v) is 18.1. The summed E-state index contributed by atoms with van der Waals surface area (Å²) >= 11 is 0. The van der Waals surface area contributed by atoms with E-state index < -0.39 is 0 Å². The van der Waals surface area contributed by atoms with Crippen molar-refractivity contribution in [1.29, 1.82) is 0 Å². The number of hydrogen-bond acceptors (Lipinski definition) is 4. The van der Waals surface area contributed by atoms with Crippen molar-refractivity contribution >= 4 is 29.1 Å². The number of fused-ring (bicyclic) bond motifs is 1. The van der Waals surface area contributed by atoms with Crippen LogP contribution in [-0.4, -0.2) is 30.4 Å². The number of anilines is 2. The molecule has 0 radical (unpaired) electrons. The van der Waals surface area contributed by atoms with E-state index in [0.717, 1.165) is 29.8 Å². The predicted molar refractivity (Wildman–Crippen MR) is 123 cm³/mol. The average Bonchev–Trinajstić information content (AvgIpc) is 3.30. The van der Waals surface area contributed by atoms with Crippen LogP contribution >= 0.6 is 0 Å². The van der Waals surface area contributed by atoms with Crippen LogP contribution in [0.2, 0.25) is 0 Å². The summed E-state index contributed by atoms with van der Waals surface area (Å²) in [6, 6.07) is 12.9. The number of nitrogens with one attached hydrogen (secondary N) is 3. The monoisotopic (exact) mass is 435 g/mol. The van der Waals surface area contributed by atoms with Crippen molar-refractivity contribution < 1.29 is 19.1 Å². The minimum atomic E-state index is -0.0927. The van der Waals surface area contributed by atoms with Gasteiger partial charge >= 0.3 is 0 Å². The molecule has 1 aliphatic heterocycles. The molecule has 3 amide bonds. The summed E-state index contributed by atoms with van der Waals surface area (Å²) in [6.07, 6.45) is 6.57. The minimum absolute atomic E-state index is 0.0409. The molecule has 1 fully saturated rings. The molecule has 1 saturated carbocycles. The van der Waals surface area contributed by atoms with E-state index in [9.17, 15) is 14.4 Å². The molecule has 168 valence electrons. The van der Waals surface area contributed by atoms with Crippen molar-refractivity contribution in [3.8, 4) is 5.75 Å².